The Morgan fingerprint density at radius 2 is 2.04 bits per heavy atom. The van der Waals surface area contributed by atoms with Gasteiger partial charge in [-0.3, -0.25) is 5.10 Å². The normalized spacial score (nSPS) is 13.3. The summed E-state index contributed by atoms with van der Waals surface area (Å²) in [7, 11) is 1.58. The number of rotatable bonds is 5. The molecule has 0 aliphatic heterocycles. The van der Waals surface area contributed by atoms with Crippen molar-refractivity contribution >= 4 is 11.6 Å². The Morgan fingerprint density at radius 1 is 1.21 bits per heavy atom. The van der Waals surface area contributed by atoms with E-state index in [1.165, 1.54) is 0 Å². The van der Waals surface area contributed by atoms with Crippen LogP contribution in [0.3, 0.4) is 0 Å². The first-order valence-corrected chi connectivity index (χ1v) is 7.48. The van der Waals surface area contributed by atoms with Crippen molar-refractivity contribution in [2.24, 2.45) is 0 Å². The van der Waals surface area contributed by atoms with E-state index in [1.54, 1.807) is 32.4 Å². The molecule has 1 aromatic carbocycles. The highest BCUT2D eigenvalue weighted by molar-refractivity contribution is 5.51. The molecule has 0 bridgehead atoms. The standard InChI is InChI=1S/C17H19N5O2/c1-11-9-15(22-21-11)19-14-7-8-18-16(20-14)17(2,23)12-5-4-6-13(10-12)24-3/h4-10,23H,1-3H3,(H2,18,19,20,21,22). The van der Waals surface area contributed by atoms with Crippen molar-refractivity contribution < 1.29 is 9.84 Å². The van der Waals surface area contributed by atoms with Gasteiger partial charge in [-0.05, 0) is 37.6 Å². The van der Waals surface area contributed by atoms with E-state index in [2.05, 4.69) is 25.5 Å². The van der Waals surface area contributed by atoms with Gasteiger partial charge in [-0.1, -0.05) is 12.1 Å². The highest BCUT2D eigenvalue weighted by Crippen LogP contribution is 2.29. The lowest BCUT2D eigenvalue weighted by molar-refractivity contribution is 0.0920. The lowest BCUT2D eigenvalue weighted by atomic mass is 9.95. The number of anilines is 2. The summed E-state index contributed by atoms with van der Waals surface area (Å²) in [5.41, 5.74) is 0.234. The van der Waals surface area contributed by atoms with Crippen LogP contribution in [0.4, 0.5) is 11.6 Å². The Bertz CT molecular complexity index is 844. The van der Waals surface area contributed by atoms with Crippen LogP contribution >= 0.6 is 0 Å². The number of nitrogens with zero attached hydrogens (tertiary/aromatic N) is 3. The summed E-state index contributed by atoms with van der Waals surface area (Å²) in [5, 5.41) is 21.0. The predicted molar refractivity (Wildman–Crippen MR) is 90.3 cm³/mol. The molecule has 3 aromatic rings. The van der Waals surface area contributed by atoms with Crippen LogP contribution in [-0.4, -0.2) is 32.4 Å². The van der Waals surface area contributed by atoms with Gasteiger partial charge in [-0.2, -0.15) is 5.10 Å². The first-order chi connectivity index (χ1) is 11.5. The number of nitrogens with one attached hydrogen (secondary N) is 2. The Hall–Kier alpha value is -2.93. The molecule has 0 fully saturated rings. The zero-order valence-electron chi connectivity index (χ0n) is 13.7. The molecule has 0 amide bonds. The number of ether oxygens (including phenoxy) is 1. The van der Waals surface area contributed by atoms with Gasteiger partial charge in [0.15, 0.2) is 11.6 Å². The fourth-order valence-corrected chi connectivity index (χ4v) is 2.33. The average Bonchev–Trinajstić information content (AvgIpc) is 3.00. The van der Waals surface area contributed by atoms with E-state index in [1.807, 2.05) is 31.2 Å². The molecule has 7 nitrogen and oxygen atoms in total. The molecule has 0 radical (unpaired) electrons. The molecule has 0 aliphatic carbocycles. The maximum atomic E-state index is 10.9. The van der Waals surface area contributed by atoms with E-state index in [-0.39, 0.29) is 5.82 Å². The monoisotopic (exact) mass is 325 g/mol. The second-order valence-corrected chi connectivity index (χ2v) is 5.63. The van der Waals surface area contributed by atoms with Gasteiger partial charge < -0.3 is 15.2 Å². The molecule has 24 heavy (non-hydrogen) atoms. The third-order valence-corrected chi connectivity index (χ3v) is 3.68. The van der Waals surface area contributed by atoms with Gasteiger partial charge in [0.1, 0.15) is 17.2 Å². The summed E-state index contributed by atoms with van der Waals surface area (Å²) in [6, 6.07) is 10.8. The minimum Gasteiger partial charge on any atom is -0.497 e. The molecule has 124 valence electrons. The van der Waals surface area contributed by atoms with Gasteiger partial charge in [0.25, 0.3) is 0 Å². The van der Waals surface area contributed by atoms with Crippen molar-refractivity contribution in [3.63, 3.8) is 0 Å². The van der Waals surface area contributed by atoms with Crippen LogP contribution in [-0.2, 0) is 5.60 Å². The van der Waals surface area contributed by atoms with Gasteiger partial charge in [0.2, 0.25) is 0 Å². The molecule has 3 N–H and O–H groups in total. The molecule has 7 heteroatoms. The molecular formula is C17H19N5O2. The lowest BCUT2D eigenvalue weighted by Gasteiger charge is -2.23. The minimum absolute atomic E-state index is 0.285. The molecule has 3 rings (SSSR count). The fraction of sp³-hybridized carbons (Fsp3) is 0.235. The zero-order chi connectivity index (χ0) is 17.2. The van der Waals surface area contributed by atoms with Gasteiger partial charge in [-0.25, -0.2) is 9.97 Å². The summed E-state index contributed by atoms with van der Waals surface area (Å²) in [5.74, 6) is 2.15. The zero-order valence-corrected chi connectivity index (χ0v) is 13.7. The van der Waals surface area contributed by atoms with E-state index in [9.17, 15) is 5.11 Å². The van der Waals surface area contributed by atoms with Crippen molar-refractivity contribution in [1.82, 2.24) is 20.2 Å². The van der Waals surface area contributed by atoms with Crippen LogP contribution in [0.15, 0.2) is 42.6 Å². The highest BCUT2D eigenvalue weighted by atomic mass is 16.5. The van der Waals surface area contributed by atoms with Crippen LogP contribution in [0.1, 0.15) is 24.0 Å². The molecule has 1 unspecified atom stereocenters. The molecule has 0 aliphatic rings. The van der Waals surface area contributed by atoms with E-state index >= 15 is 0 Å². The van der Waals surface area contributed by atoms with E-state index in [0.29, 0.717) is 22.9 Å². The first-order valence-electron chi connectivity index (χ1n) is 7.48. The molecule has 0 spiro atoms. The van der Waals surface area contributed by atoms with Crippen molar-refractivity contribution in [2.45, 2.75) is 19.4 Å². The summed E-state index contributed by atoms with van der Waals surface area (Å²) >= 11 is 0. The van der Waals surface area contributed by atoms with Crippen molar-refractivity contribution in [1.29, 1.82) is 0 Å². The second kappa shape index (κ2) is 6.29. The van der Waals surface area contributed by atoms with Crippen LogP contribution in [0.25, 0.3) is 0 Å². The van der Waals surface area contributed by atoms with Crippen molar-refractivity contribution in [3.8, 4) is 5.75 Å². The maximum Gasteiger partial charge on any atom is 0.166 e. The van der Waals surface area contributed by atoms with E-state index < -0.39 is 5.60 Å². The molecule has 2 heterocycles. The topological polar surface area (TPSA) is 96.0 Å². The van der Waals surface area contributed by atoms with Gasteiger partial charge in [-0.15, -0.1) is 0 Å². The number of aryl methyl sites for hydroxylation is 1. The highest BCUT2D eigenvalue weighted by Gasteiger charge is 2.29. The third-order valence-electron chi connectivity index (χ3n) is 3.68. The molecule has 1 atom stereocenters. The van der Waals surface area contributed by atoms with Crippen LogP contribution in [0.2, 0.25) is 0 Å². The number of aromatic amines is 1. The van der Waals surface area contributed by atoms with Crippen molar-refractivity contribution in [2.75, 3.05) is 12.4 Å². The fourth-order valence-electron chi connectivity index (χ4n) is 2.33. The Balaban J connectivity index is 1.91. The van der Waals surface area contributed by atoms with Crippen molar-refractivity contribution in [3.05, 3.63) is 59.7 Å². The molecule has 0 saturated heterocycles. The number of hydrogen-bond donors (Lipinski definition) is 3. The number of benzene rings is 1. The number of aliphatic hydroxyl groups is 1. The van der Waals surface area contributed by atoms with E-state index in [0.717, 1.165) is 5.69 Å². The smallest absolute Gasteiger partial charge is 0.166 e. The molecule has 0 saturated carbocycles. The summed E-state index contributed by atoms with van der Waals surface area (Å²) in [6.45, 7) is 3.57. The first kappa shape index (κ1) is 15.9. The molecule has 2 aromatic heterocycles. The average molecular weight is 325 g/mol. The minimum atomic E-state index is -1.35. The number of methoxy groups -OCH3 is 1. The Labute approximate surface area is 139 Å². The number of aromatic nitrogens is 4. The largest absolute Gasteiger partial charge is 0.497 e. The van der Waals surface area contributed by atoms with Crippen LogP contribution in [0.5, 0.6) is 5.75 Å². The maximum absolute atomic E-state index is 10.9. The third kappa shape index (κ3) is 3.21. The Morgan fingerprint density at radius 3 is 2.75 bits per heavy atom. The number of hydrogen-bond acceptors (Lipinski definition) is 6. The Kier molecular flexibility index (Phi) is 4.18. The predicted octanol–water partition coefficient (Wildman–Crippen LogP) is 2.52. The SMILES string of the molecule is COc1cccc(C(C)(O)c2nccc(Nc3cc(C)[nH]n3)n2)c1. The lowest BCUT2D eigenvalue weighted by Crippen LogP contribution is -2.26. The van der Waals surface area contributed by atoms with E-state index in [4.69, 9.17) is 4.74 Å². The van der Waals surface area contributed by atoms with Gasteiger partial charge >= 0.3 is 0 Å². The van der Waals surface area contributed by atoms with Crippen LogP contribution < -0.4 is 10.1 Å². The summed E-state index contributed by atoms with van der Waals surface area (Å²) in [6.07, 6.45) is 1.60. The van der Waals surface area contributed by atoms with Gasteiger partial charge in [0.05, 0.1) is 7.11 Å². The summed E-state index contributed by atoms with van der Waals surface area (Å²) < 4.78 is 5.21. The second-order valence-electron chi connectivity index (χ2n) is 5.63. The van der Waals surface area contributed by atoms with Crippen LogP contribution in [0, 0.1) is 6.92 Å². The quantitative estimate of drug-likeness (QED) is 0.667. The molecular weight excluding hydrogens is 306 g/mol. The van der Waals surface area contributed by atoms with Gasteiger partial charge in [0, 0.05) is 18.0 Å². The number of H-pyrrole nitrogens is 1. The summed E-state index contributed by atoms with van der Waals surface area (Å²) in [4.78, 5) is 8.63.